The van der Waals surface area contributed by atoms with Gasteiger partial charge in [0.25, 0.3) is 0 Å². The van der Waals surface area contributed by atoms with Crippen LogP contribution in [-0.2, 0) is 9.59 Å². The van der Waals surface area contributed by atoms with E-state index in [4.69, 9.17) is 0 Å². The summed E-state index contributed by atoms with van der Waals surface area (Å²) in [6, 6.07) is 0.321. The molecule has 0 aliphatic heterocycles. The molecule has 0 radical (unpaired) electrons. The minimum Gasteiger partial charge on any atom is -0.353 e. The SMILES string of the molecule is O=C(CCC(=O)NC1CCCC1)Nc1cncs1. The van der Waals surface area contributed by atoms with Gasteiger partial charge in [0, 0.05) is 18.9 Å². The van der Waals surface area contributed by atoms with Crippen molar-refractivity contribution in [1.82, 2.24) is 10.3 Å². The van der Waals surface area contributed by atoms with Crippen LogP contribution in [0.2, 0.25) is 0 Å². The fourth-order valence-corrected chi connectivity index (χ4v) is 2.60. The normalized spacial score (nSPS) is 15.6. The zero-order valence-electron chi connectivity index (χ0n) is 10.1. The number of carbonyl (C=O) groups excluding carboxylic acids is 2. The highest BCUT2D eigenvalue weighted by Gasteiger charge is 2.17. The molecular weight excluding hydrogens is 250 g/mol. The van der Waals surface area contributed by atoms with E-state index < -0.39 is 0 Å². The van der Waals surface area contributed by atoms with Gasteiger partial charge in [0.05, 0.1) is 11.7 Å². The van der Waals surface area contributed by atoms with Gasteiger partial charge in [0.2, 0.25) is 11.8 Å². The average molecular weight is 267 g/mol. The van der Waals surface area contributed by atoms with Crippen LogP contribution in [0.3, 0.4) is 0 Å². The Morgan fingerprint density at radius 2 is 2.00 bits per heavy atom. The third-order valence-corrected chi connectivity index (χ3v) is 3.68. The van der Waals surface area contributed by atoms with Crippen LogP contribution in [0.4, 0.5) is 5.00 Å². The van der Waals surface area contributed by atoms with E-state index in [0.29, 0.717) is 6.04 Å². The molecule has 1 aromatic rings. The summed E-state index contributed by atoms with van der Waals surface area (Å²) in [4.78, 5) is 27.0. The molecule has 1 aliphatic rings. The third kappa shape index (κ3) is 4.10. The second-order valence-electron chi connectivity index (χ2n) is 4.46. The van der Waals surface area contributed by atoms with Crippen molar-refractivity contribution in [1.29, 1.82) is 0 Å². The summed E-state index contributed by atoms with van der Waals surface area (Å²) in [6.07, 6.45) is 6.59. The molecule has 2 amide bonds. The fraction of sp³-hybridized carbons (Fsp3) is 0.583. The second-order valence-corrected chi connectivity index (χ2v) is 5.35. The largest absolute Gasteiger partial charge is 0.353 e. The zero-order valence-corrected chi connectivity index (χ0v) is 11.0. The Labute approximate surface area is 110 Å². The molecule has 1 aliphatic carbocycles. The van der Waals surface area contributed by atoms with Crippen molar-refractivity contribution in [3.63, 3.8) is 0 Å². The highest BCUT2D eigenvalue weighted by molar-refractivity contribution is 7.13. The van der Waals surface area contributed by atoms with Gasteiger partial charge in [-0.2, -0.15) is 0 Å². The Balaban J connectivity index is 1.64. The van der Waals surface area contributed by atoms with Crippen molar-refractivity contribution < 1.29 is 9.59 Å². The summed E-state index contributed by atoms with van der Waals surface area (Å²) in [5, 5.41) is 6.39. The summed E-state index contributed by atoms with van der Waals surface area (Å²) in [5.74, 6) is -0.165. The molecule has 5 nitrogen and oxygen atoms in total. The lowest BCUT2D eigenvalue weighted by atomic mass is 10.2. The van der Waals surface area contributed by atoms with Crippen LogP contribution in [0.25, 0.3) is 0 Å². The Morgan fingerprint density at radius 3 is 2.67 bits per heavy atom. The van der Waals surface area contributed by atoms with Crippen LogP contribution in [0, 0.1) is 0 Å². The summed E-state index contributed by atoms with van der Waals surface area (Å²) < 4.78 is 0. The molecule has 6 heteroatoms. The smallest absolute Gasteiger partial charge is 0.225 e. The maximum absolute atomic E-state index is 11.6. The van der Waals surface area contributed by atoms with E-state index in [1.54, 1.807) is 11.7 Å². The molecule has 0 saturated heterocycles. The van der Waals surface area contributed by atoms with Crippen LogP contribution in [0.1, 0.15) is 38.5 Å². The van der Waals surface area contributed by atoms with E-state index in [1.807, 2.05) is 0 Å². The van der Waals surface area contributed by atoms with Crippen LogP contribution >= 0.6 is 11.3 Å². The lowest BCUT2D eigenvalue weighted by Crippen LogP contribution is -2.33. The first-order valence-electron chi connectivity index (χ1n) is 6.22. The molecule has 0 unspecified atom stereocenters. The monoisotopic (exact) mass is 267 g/mol. The van der Waals surface area contributed by atoms with Gasteiger partial charge in [-0.05, 0) is 12.8 Å². The van der Waals surface area contributed by atoms with E-state index in [9.17, 15) is 9.59 Å². The number of nitrogens with zero attached hydrogens (tertiary/aromatic N) is 1. The Hall–Kier alpha value is -1.43. The van der Waals surface area contributed by atoms with Crippen molar-refractivity contribution in [3.05, 3.63) is 11.7 Å². The standard InChI is InChI=1S/C12H17N3O2S/c16-10(14-9-3-1-2-4-9)5-6-11(17)15-12-7-13-8-18-12/h7-9H,1-6H2,(H,14,16)(H,15,17). The second kappa shape index (κ2) is 6.49. The molecular formula is C12H17N3O2S. The average Bonchev–Trinajstić information content (AvgIpc) is 2.99. The van der Waals surface area contributed by atoms with E-state index in [0.717, 1.165) is 17.8 Å². The predicted octanol–water partition coefficient (Wildman–Crippen LogP) is 1.92. The first-order chi connectivity index (χ1) is 8.74. The minimum absolute atomic E-state index is 0.0265. The number of aromatic nitrogens is 1. The number of rotatable bonds is 5. The number of nitrogens with one attached hydrogen (secondary N) is 2. The van der Waals surface area contributed by atoms with Crippen LogP contribution in [0.15, 0.2) is 11.7 Å². The molecule has 0 aromatic carbocycles. The van der Waals surface area contributed by atoms with Crippen LogP contribution < -0.4 is 10.6 Å². The van der Waals surface area contributed by atoms with E-state index in [2.05, 4.69) is 15.6 Å². The van der Waals surface area contributed by atoms with Gasteiger partial charge in [0.1, 0.15) is 5.00 Å². The topological polar surface area (TPSA) is 71.1 Å². The molecule has 0 bridgehead atoms. The molecule has 1 heterocycles. The van der Waals surface area contributed by atoms with Gasteiger partial charge in [-0.1, -0.05) is 12.8 Å². The lowest BCUT2D eigenvalue weighted by Gasteiger charge is -2.11. The number of hydrogen-bond donors (Lipinski definition) is 2. The van der Waals surface area contributed by atoms with Gasteiger partial charge in [-0.3, -0.25) is 14.6 Å². The number of hydrogen-bond acceptors (Lipinski definition) is 4. The van der Waals surface area contributed by atoms with E-state index >= 15 is 0 Å². The maximum Gasteiger partial charge on any atom is 0.225 e. The van der Waals surface area contributed by atoms with Gasteiger partial charge in [0.15, 0.2) is 0 Å². The Kier molecular flexibility index (Phi) is 4.69. The number of thiazole rings is 1. The third-order valence-electron chi connectivity index (χ3n) is 2.99. The fourth-order valence-electron chi connectivity index (χ4n) is 2.07. The van der Waals surface area contributed by atoms with Crippen LogP contribution in [0.5, 0.6) is 0 Å². The van der Waals surface area contributed by atoms with Gasteiger partial charge in [-0.25, -0.2) is 0 Å². The molecule has 0 spiro atoms. The lowest BCUT2D eigenvalue weighted by molar-refractivity contribution is -0.124. The molecule has 1 fully saturated rings. The first kappa shape index (κ1) is 13.0. The van der Waals surface area contributed by atoms with Crippen molar-refractivity contribution in [2.75, 3.05) is 5.32 Å². The van der Waals surface area contributed by atoms with Crippen molar-refractivity contribution in [3.8, 4) is 0 Å². The van der Waals surface area contributed by atoms with Crippen LogP contribution in [-0.4, -0.2) is 22.8 Å². The summed E-state index contributed by atoms with van der Waals surface area (Å²) in [7, 11) is 0. The molecule has 1 aromatic heterocycles. The van der Waals surface area contributed by atoms with E-state index in [1.165, 1.54) is 24.2 Å². The van der Waals surface area contributed by atoms with Gasteiger partial charge >= 0.3 is 0 Å². The molecule has 1 saturated carbocycles. The molecule has 2 N–H and O–H groups in total. The quantitative estimate of drug-likeness (QED) is 0.856. The molecule has 98 valence electrons. The van der Waals surface area contributed by atoms with E-state index in [-0.39, 0.29) is 24.7 Å². The molecule has 18 heavy (non-hydrogen) atoms. The number of carbonyl (C=O) groups is 2. The predicted molar refractivity (Wildman–Crippen MR) is 70.4 cm³/mol. The Bertz CT molecular complexity index is 399. The first-order valence-corrected chi connectivity index (χ1v) is 7.10. The number of anilines is 1. The maximum atomic E-state index is 11.6. The van der Waals surface area contributed by atoms with Gasteiger partial charge < -0.3 is 10.6 Å². The highest BCUT2D eigenvalue weighted by Crippen LogP contribution is 2.17. The molecule has 2 rings (SSSR count). The highest BCUT2D eigenvalue weighted by atomic mass is 32.1. The number of amides is 2. The summed E-state index contributed by atoms with van der Waals surface area (Å²) in [5.41, 5.74) is 1.66. The van der Waals surface area contributed by atoms with Crippen molar-refractivity contribution >= 4 is 28.2 Å². The minimum atomic E-state index is -0.138. The Morgan fingerprint density at radius 1 is 1.28 bits per heavy atom. The summed E-state index contributed by atoms with van der Waals surface area (Å²) >= 11 is 1.37. The zero-order chi connectivity index (χ0) is 12.8. The van der Waals surface area contributed by atoms with Gasteiger partial charge in [-0.15, -0.1) is 11.3 Å². The molecule has 0 atom stereocenters. The van der Waals surface area contributed by atoms with Crippen molar-refractivity contribution in [2.45, 2.75) is 44.6 Å². The van der Waals surface area contributed by atoms with Crippen molar-refractivity contribution in [2.24, 2.45) is 0 Å². The summed E-state index contributed by atoms with van der Waals surface area (Å²) in [6.45, 7) is 0.